The summed E-state index contributed by atoms with van der Waals surface area (Å²) in [7, 11) is 2.11. The van der Waals surface area contributed by atoms with E-state index in [0.29, 0.717) is 0 Å². The van der Waals surface area contributed by atoms with E-state index in [-0.39, 0.29) is 0 Å². The molecule has 0 aliphatic rings. The fourth-order valence-electron chi connectivity index (χ4n) is 2.22. The average molecular weight is 324 g/mol. The smallest absolute Gasteiger partial charge is 0.0798 e. The SMILES string of the molecule is CCCNCc1ccc(Cl)cc1N(C)Cc1scnc1C. The highest BCUT2D eigenvalue weighted by Crippen LogP contribution is 2.26. The van der Waals surface area contributed by atoms with E-state index in [4.69, 9.17) is 11.6 Å². The van der Waals surface area contributed by atoms with Crippen LogP contribution in [0.25, 0.3) is 0 Å². The fraction of sp³-hybridized carbons (Fsp3) is 0.438. The minimum atomic E-state index is 0.775. The molecule has 0 saturated heterocycles. The molecule has 0 spiro atoms. The molecule has 5 heteroatoms. The predicted octanol–water partition coefficient (Wildman–Crippen LogP) is 4.24. The quantitative estimate of drug-likeness (QED) is 0.772. The van der Waals surface area contributed by atoms with Gasteiger partial charge in [0.15, 0.2) is 0 Å². The van der Waals surface area contributed by atoms with Crippen LogP contribution < -0.4 is 10.2 Å². The maximum atomic E-state index is 6.18. The summed E-state index contributed by atoms with van der Waals surface area (Å²) < 4.78 is 0. The van der Waals surface area contributed by atoms with E-state index < -0.39 is 0 Å². The van der Waals surface area contributed by atoms with Crippen LogP contribution in [-0.2, 0) is 13.1 Å². The number of nitrogens with zero attached hydrogens (tertiary/aromatic N) is 2. The second kappa shape index (κ2) is 7.78. The fourth-order valence-corrected chi connectivity index (χ4v) is 3.22. The minimum Gasteiger partial charge on any atom is -0.369 e. The molecule has 0 aliphatic carbocycles. The molecule has 1 aromatic heterocycles. The summed E-state index contributed by atoms with van der Waals surface area (Å²) >= 11 is 7.88. The van der Waals surface area contributed by atoms with Gasteiger partial charge in [-0.05, 0) is 37.6 Å². The van der Waals surface area contributed by atoms with Crippen molar-refractivity contribution in [3.63, 3.8) is 0 Å². The van der Waals surface area contributed by atoms with Gasteiger partial charge in [0.2, 0.25) is 0 Å². The Bertz CT molecular complexity index is 583. The molecule has 21 heavy (non-hydrogen) atoms. The van der Waals surface area contributed by atoms with E-state index in [2.05, 4.69) is 42.2 Å². The first kappa shape index (κ1) is 16.3. The lowest BCUT2D eigenvalue weighted by atomic mass is 10.1. The number of aryl methyl sites for hydroxylation is 1. The largest absolute Gasteiger partial charge is 0.369 e. The molecule has 0 aliphatic heterocycles. The van der Waals surface area contributed by atoms with Crippen LogP contribution >= 0.6 is 22.9 Å². The highest BCUT2D eigenvalue weighted by Gasteiger charge is 2.11. The minimum absolute atomic E-state index is 0.775. The van der Waals surface area contributed by atoms with Gasteiger partial charge in [0.25, 0.3) is 0 Å². The zero-order valence-corrected chi connectivity index (χ0v) is 14.4. The van der Waals surface area contributed by atoms with Crippen molar-refractivity contribution in [2.75, 3.05) is 18.5 Å². The molecule has 0 atom stereocenters. The standard InChI is InChI=1S/C16H22ClN3S/c1-4-7-18-9-13-5-6-14(17)8-15(13)20(3)10-16-12(2)19-11-21-16/h5-6,8,11,18H,4,7,9-10H2,1-3H3. The first-order valence-electron chi connectivity index (χ1n) is 7.21. The molecule has 114 valence electrons. The van der Waals surface area contributed by atoms with Crippen molar-refractivity contribution in [3.8, 4) is 0 Å². The van der Waals surface area contributed by atoms with E-state index >= 15 is 0 Å². The van der Waals surface area contributed by atoms with Gasteiger partial charge in [-0.2, -0.15) is 0 Å². The number of aromatic nitrogens is 1. The van der Waals surface area contributed by atoms with Crippen LogP contribution in [0.3, 0.4) is 0 Å². The summed E-state index contributed by atoms with van der Waals surface area (Å²) in [5, 5.41) is 4.23. The Kier molecular flexibility index (Phi) is 6.03. The topological polar surface area (TPSA) is 28.2 Å². The molecule has 0 saturated carbocycles. The van der Waals surface area contributed by atoms with Crippen molar-refractivity contribution in [3.05, 3.63) is 44.9 Å². The number of benzene rings is 1. The highest BCUT2D eigenvalue weighted by molar-refractivity contribution is 7.09. The first-order valence-corrected chi connectivity index (χ1v) is 8.46. The van der Waals surface area contributed by atoms with Gasteiger partial charge >= 0.3 is 0 Å². The van der Waals surface area contributed by atoms with Gasteiger partial charge in [-0.25, -0.2) is 4.98 Å². The van der Waals surface area contributed by atoms with Crippen LogP contribution in [-0.4, -0.2) is 18.6 Å². The Morgan fingerprint density at radius 2 is 2.19 bits per heavy atom. The molecule has 2 rings (SSSR count). The Morgan fingerprint density at radius 3 is 2.86 bits per heavy atom. The lowest BCUT2D eigenvalue weighted by Gasteiger charge is -2.23. The second-order valence-electron chi connectivity index (χ2n) is 5.17. The van der Waals surface area contributed by atoms with E-state index in [1.54, 1.807) is 11.3 Å². The lowest BCUT2D eigenvalue weighted by Crippen LogP contribution is -2.21. The van der Waals surface area contributed by atoms with Gasteiger partial charge in [-0.3, -0.25) is 0 Å². The third-order valence-electron chi connectivity index (χ3n) is 3.43. The molecule has 0 unspecified atom stereocenters. The van der Waals surface area contributed by atoms with Crippen LogP contribution in [0.4, 0.5) is 5.69 Å². The molecule has 2 aromatic rings. The molecule has 1 N–H and O–H groups in total. The summed E-state index contributed by atoms with van der Waals surface area (Å²) in [6.07, 6.45) is 1.14. The van der Waals surface area contributed by atoms with Crippen LogP contribution in [0.5, 0.6) is 0 Å². The highest BCUT2D eigenvalue weighted by atomic mass is 35.5. The van der Waals surface area contributed by atoms with Crippen molar-refractivity contribution in [2.45, 2.75) is 33.4 Å². The second-order valence-corrected chi connectivity index (χ2v) is 6.54. The van der Waals surface area contributed by atoms with E-state index in [1.807, 2.05) is 17.6 Å². The number of hydrogen-bond acceptors (Lipinski definition) is 4. The summed E-state index contributed by atoms with van der Waals surface area (Å²) in [5.41, 5.74) is 5.47. The van der Waals surface area contributed by atoms with Crippen LogP contribution in [0.2, 0.25) is 5.02 Å². The maximum Gasteiger partial charge on any atom is 0.0798 e. The Labute approximate surface area is 136 Å². The zero-order chi connectivity index (χ0) is 15.2. The molecule has 1 aromatic carbocycles. The normalized spacial score (nSPS) is 10.9. The van der Waals surface area contributed by atoms with Gasteiger partial charge in [0.05, 0.1) is 17.7 Å². The number of halogens is 1. The van der Waals surface area contributed by atoms with E-state index in [0.717, 1.165) is 36.8 Å². The van der Waals surface area contributed by atoms with E-state index in [9.17, 15) is 0 Å². The molecule has 0 bridgehead atoms. The number of nitrogens with one attached hydrogen (secondary N) is 1. The summed E-state index contributed by atoms with van der Waals surface area (Å²) in [4.78, 5) is 7.86. The number of thiazole rings is 1. The summed E-state index contributed by atoms with van der Waals surface area (Å²) in [6, 6.07) is 6.11. The number of rotatable bonds is 7. The van der Waals surface area contributed by atoms with Gasteiger partial charge in [-0.15, -0.1) is 11.3 Å². The van der Waals surface area contributed by atoms with Crippen molar-refractivity contribution in [1.29, 1.82) is 0 Å². The molecule has 3 nitrogen and oxygen atoms in total. The molecular formula is C16H22ClN3S. The van der Waals surface area contributed by atoms with Gasteiger partial charge in [0.1, 0.15) is 0 Å². The summed E-state index contributed by atoms with van der Waals surface area (Å²) in [5.74, 6) is 0. The molecule has 0 amide bonds. The Morgan fingerprint density at radius 1 is 1.38 bits per heavy atom. The molecule has 0 radical (unpaired) electrons. The Balaban J connectivity index is 2.16. The van der Waals surface area contributed by atoms with Crippen molar-refractivity contribution in [1.82, 2.24) is 10.3 Å². The lowest BCUT2D eigenvalue weighted by molar-refractivity contribution is 0.674. The van der Waals surface area contributed by atoms with Gasteiger partial charge < -0.3 is 10.2 Å². The van der Waals surface area contributed by atoms with Crippen molar-refractivity contribution >= 4 is 28.6 Å². The molecule has 0 fully saturated rings. The molecule has 1 heterocycles. The first-order chi connectivity index (χ1) is 10.1. The summed E-state index contributed by atoms with van der Waals surface area (Å²) in [6.45, 7) is 6.99. The average Bonchev–Trinajstić information content (AvgIpc) is 2.86. The Hall–Kier alpha value is -1.10. The van der Waals surface area contributed by atoms with Crippen molar-refractivity contribution < 1.29 is 0 Å². The predicted molar refractivity (Wildman–Crippen MR) is 92.4 cm³/mol. The number of hydrogen-bond donors (Lipinski definition) is 1. The van der Waals surface area contributed by atoms with Crippen LogP contribution in [0, 0.1) is 6.92 Å². The molecular weight excluding hydrogens is 302 g/mol. The monoisotopic (exact) mass is 323 g/mol. The van der Waals surface area contributed by atoms with Crippen LogP contribution in [0.15, 0.2) is 23.7 Å². The van der Waals surface area contributed by atoms with Gasteiger partial charge in [0, 0.05) is 29.2 Å². The van der Waals surface area contributed by atoms with Crippen molar-refractivity contribution in [2.24, 2.45) is 0 Å². The maximum absolute atomic E-state index is 6.18. The van der Waals surface area contributed by atoms with Gasteiger partial charge in [-0.1, -0.05) is 24.6 Å². The third kappa shape index (κ3) is 4.43. The van der Waals surface area contributed by atoms with Crippen LogP contribution in [0.1, 0.15) is 29.5 Å². The third-order valence-corrected chi connectivity index (χ3v) is 4.58. The van der Waals surface area contributed by atoms with E-state index in [1.165, 1.54) is 16.1 Å². The number of anilines is 1. The zero-order valence-electron chi connectivity index (χ0n) is 12.8.